The lowest BCUT2D eigenvalue weighted by atomic mass is 10.1. The van der Waals surface area contributed by atoms with Gasteiger partial charge >= 0.3 is 5.69 Å². The van der Waals surface area contributed by atoms with Crippen LogP contribution in [0.1, 0.15) is 49.5 Å². The van der Waals surface area contributed by atoms with Gasteiger partial charge in [0.25, 0.3) is 10.0 Å². The van der Waals surface area contributed by atoms with Gasteiger partial charge in [-0.2, -0.15) is 5.10 Å². The van der Waals surface area contributed by atoms with Crippen LogP contribution in [-0.2, 0) is 10.0 Å². The minimum atomic E-state index is -3.68. The molecule has 3 N–H and O–H groups in total. The molecule has 170 valence electrons. The lowest BCUT2D eigenvalue weighted by Crippen LogP contribution is -2.40. The highest BCUT2D eigenvalue weighted by atomic mass is 32.2. The number of thiophene rings is 1. The van der Waals surface area contributed by atoms with Crippen LogP contribution in [0.5, 0.6) is 0 Å². The molecule has 3 heterocycles. The molecule has 0 spiro atoms. The van der Waals surface area contributed by atoms with Crippen LogP contribution < -0.4 is 10.0 Å². The van der Waals surface area contributed by atoms with Crippen LogP contribution in [-0.4, -0.2) is 34.1 Å². The molecule has 0 aliphatic heterocycles. The molecule has 0 unspecified atom stereocenters. The van der Waals surface area contributed by atoms with Crippen molar-refractivity contribution in [2.24, 2.45) is 0 Å². The summed E-state index contributed by atoms with van der Waals surface area (Å²) in [6.07, 6.45) is 2.20. The highest BCUT2D eigenvalue weighted by Gasteiger charge is 2.27. The largest absolute Gasteiger partial charge is 0.318 e. The maximum Gasteiger partial charge on any atom is 0.311 e. The standard InChI is InChI=1S/C19H22N6O4S2.3H2/c1-19(2,3)24-31(28,29)17-9-8-15(30-17)12-6-7-14(25(26)27)18(20-12)21-16-10-13(22-23-16)11-4-5-11;;;/h6-11,24H,4-5H2,1-3H3,(H2,20,21,22,23);3*1H. The molecule has 10 nitrogen and oxygen atoms in total. The predicted molar refractivity (Wildman–Crippen MR) is 124 cm³/mol. The van der Waals surface area contributed by atoms with E-state index in [4.69, 9.17) is 0 Å². The van der Waals surface area contributed by atoms with Crippen LogP contribution in [0.2, 0.25) is 0 Å². The lowest BCUT2D eigenvalue weighted by molar-refractivity contribution is -0.384. The molecule has 3 aromatic heterocycles. The van der Waals surface area contributed by atoms with Gasteiger partial charge in [-0.3, -0.25) is 15.2 Å². The number of aromatic amines is 1. The van der Waals surface area contributed by atoms with Crippen molar-refractivity contribution in [1.29, 1.82) is 0 Å². The van der Waals surface area contributed by atoms with Crippen molar-refractivity contribution in [2.75, 3.05) is 5.32 Å². The number of anilines is 2. The Bertz CT molecular complexity index is 1250. The molecule has 4 rings (SSSR count). The van der Waals surface area contributed by atoms with Gasteiger partial charge in [0, 0.05) is 33.6 Å². The van der Waals surface area contributed by atoms with Crippen LogP contribution >= 0.6 is 11.3 Å². The quantitative estimate of drug-likeness (QED) is 0.331. The summed E-state index contributed by atoms with van der Waals surface area (Å²) >= 11 is 1.05. The van der Waals surface area contributed by atoms with E-state index in [-0.39, 0.29) is 20.0 Å². The molecular weight excluding hydrogens is 440 g/mol. The van der Waals surface area contributed by atoms with E-state index < -0.39 is 20.5 Å². The summed E-state index contributed by atoms with van der Waals surface area (Å²) < 4.78 is 27.9. The fraction of sp³-hybridized carbons (Fsp3) is 0.368. The van der Waals surface area contributed by atoms with Gasteiger partial charge in [0.2, 0.25) is 5.82 Å². The molecule has 0 atom stereocenters. The average Bonchev–Trinajstić information content (AvgIpc) is 3.19. The second-order valence-corrected chi connectivity index (χ2v) is 11.4. The first-order valence-electron chi connectivity index (χ1n) is 9.64. The van der Waals surface area contributed by atoms with Gasteiger partial charge in [0.05, 0.1) is 15.5 Å². The first-order chi connectivity index (χ1) is 14.5. The molecule has 1 aliphatic carbocycles. The Morgan fingerprint density at radius 3 is 2.65 bits per heavy atom. The van der Waals surface area contributed by atoms with Gasteiger partial charge in [0.15, 0.2) is 5.82 Å². The molecule has 0 saturated heterocycles. The normalized spacial score (nSPS) is 14.5. The zero-order chi connectivity index (χ0) is 22.4. The molecule has 3 aromatic rings. The van der Waals surface area contributed by atoms with E-state index in [9.17, 15) is 18.5 Å². The smallest absolute Gasteiger partial charge is 0.311 e. The highest BCUT2D eigenvalue weighted by molar-refractivity contribution is 7.91. The van der Waals surface area contributed by atoms with E-state index in [0.29, 0.717) is 22.3 Å². The minimum Gasteiger partial charge on any atom is -0.318 e. The van der Waals surface area contributed by atoms with Gasteiger partial charge < -0.3 is 5.32 Å². The van der Waals surface area contributed by atoms with Crippen molar-refractivity contribution in [2.45, 2.75) is 49.3 Å². The number of nitrogens with one attached hydrogen (secondary N) is 3. The fourth-order valence-electron chi connectivity index (χ4n) is 3.01. The summed E-state index contributed by atoms with van der Waals surface area (Å²) in [5.74, 6) is 0.950. The van der Waals surface area contributed by atoms with Crippen LogP contribution in [0.15, 0.2) is 34.5 Å². The Morgan fingerprint density at radius 1 is 1.26 bits per heavy atom. The van der Waals surface area contributed by atoms with Crippen molar-refractivity contribution < 1.29 is 17.6 Å². The SMILES string of the molecule is CC(C)(C)NS(=O)(=O)c1ccc(-c2ccc([N+](=O)[O-])c(Nc3cc(C4CC4)[nH]n3)n2)s1.[HH].[HH].[HH]. The van der Waals surface area contributed by atoms with E-state index in [1.54, 1.807) is 26.8 Å². The average molecular weight is 469 g/mol. The number of rotatable bonds is 7. The van der Waals surface area contributed by atoms with Crippen molar-refractivity contribution in [3.63, 3.8) is 0 Å². The minimum absolute atomic E-state index is 0. The second kappa shape index (κ2) is 7.70. The maximum absolute atomic E-state index is 12.6. The molecule has 1 fully saturated rings. The molecule has 0 amide bonds. The zero-order valence-corrected chi connectivity index (χ0v) is 18.8. The Kier molecular flexibility index (Phi) is 5.31. The number of aromatic nitrogens is 3. The molecule has 0 bridgehead atoms. The van der Waals surface area contributed by atoms with Gasteiger partial charge in [-0.15, -0.1) is 11.3 Å². The summed E-state index contributed by atoms with van der Waals surface area (Å²) in [6, 6.07) is 7.81. The van der Waals surface area contributed by atoms with Gasteiger partial charge in [-0.25, -0.2) is 18.1 Å². The predicted octanol–water partition coefficient (Wildman–Crippen LogP) is 4.88. The lowest BCUT2D eigenvalue weighted by Gasteiger charge is -2.19. The summed E-state index contributed by atoms with van der Waals surface area (Å²) in [5.41, 5.74) is 0.599. The Morgan fingerprint density at radius 2 is 2.00 bits per heavy atom. The molecule has 1 saturated carbocycles. The molecular formula is C19H28N6O4S2. The maximum atomic E-state index is 12.6. The summed E-state index contributed by atoms with van der Waals surface area (Å²) in [4.78, 5) is 15.9. The third kappa shape index (κ3) is 4.92. The Labute approximate surface area is 187 Å². The Balaban J connectivity index is 0.00000193. The number of pyridine rings is 1. The topological polar surface area (TPSA) is 143 Å². The summed E-state index contributed by atoms with van der Waals surface area (Å²) in [5, 5.41) is 21.5. The summed E-state index contributed by atoms with van der Waals surface area (Å²) in [7, 11) is -3.68. The van der Waals surface area contributed by atoms with Gasteiger partial charge in [0.1, 0.15) is 4.21 Å². The van der Waals surface area contributed by atoms with Crippen LogP contribution in [0, 0.1) is 10.1 Å². The van der Waals surface area contributed by atoms with E-state index in [1.807, 2.05) is 6.07 Å². The van der Waals surface area contributed by atoms with E-state index >= 15 is 0 Å². The number of sulfonamides is 1. The van der Waals surface area contributed by atoms with E-state index in [0.717, 1.165) is 29.9 Å². The summed E-state index contributed by atoms with van der Waals surface area (Å²) in [6.45, 7) is 5.29. The van der Waals surface area contributed by atoms with Crippen LogP contribution in [0.3, 0.4) is 0 Å². The van der Waals surface area contributed by atoms with Crippen molar-refractivity contribution in [3.05, 3.63) is 46.1 Å². The first-order valence-corrected chi connectivity index (χ1v) is 11.9. The van der Waals surface area contributed by atoms with Crippen molar-refractivity contribution in [3.8, 4) is 10.6 Å². The van der Waals surface area contributed by atoms with Crippen molar-refractivity contribution in [1.82, 2.24) is 19.9 Å². The second-order valence-electron chi connectivity index (χ2n) is 8.40. The third-order valence-electron chi connectivity index (χ3n) is 4.47. The zero-order valence-electron chi connectivity index (χ0n) is 17.2. The third-order valence-corrected chi connectivity index (χ3v) is 7.83. The van der Waals surface area contributed by atoms with Crippen LogP contribution in [0.4, 0.5) is 17.3 Å². The monoisotopic (exact) mass is 468 g/mol. The first kappa shape index (κ1) is 21.4. The van der Waals surface area contributed by atoms with E-state index in [1.165, 1.54) is 18.2 Å². The van der Waals surface area contributed by atoms with Crippen molar-refractivity contribution >= 4 is 38.7 Å². The van der Waals surface area contributed by atoms with E-state index in [2.05, 4.69) is 25.2 Å². The number of H-pyrrole nitrogens is 1. The molecule has 31 heavy (non-hydrogen) atoms. The van der Waals surface area contributed by atoms with Gasteiger partial charge in [-0.1, -0.05) is 0 Å². The molecule has 1 aliphatic rings. The molecule has 0 radical (unpaired) electrons. The number of nitrogens with zero attached hydrogens (tertiary/aromatic N) is 3. The number of nitro groups is 1. The van der Waals surface area contributed by atoms with Gasteiger partial charge in [-0.05, 0) is 51.8 Å². The molecule has 12 heteroatoms. The number of hydrogen-bond acceptors (Lipinski definition) is 8. The highest BCUT2D eigenvalue weighted by Crippen LogP contribution is 2.40. The number of hydrogen-bond donors (Lipinski definition) is 3. The molecule has 0 aromatic carbocycles. The van der Waals surface area contributed by atoms with Crippen LogP contribution in [0.25, 0.3) is 10.6 Å². The fourth-order valence-corrected chi connectivity index (χ4v) is 5.70. The Hall–Kier alpha value is -2.83.